The molecular weight excluding hydrogens is 293 g/mol. The van der Waals surface area contributed by atoms with Crippen molar-refractivity contribution in [1.82, 2.24) is 4.98 Å². The molecule has 0 atom stereocenters. The number of hydrogen-bond donors (Lipinski definition) is 1. The molecule has 0 bridgehead atoms. The van der Waals surface area contributed by atoms with Gasteiger partial charge in [-0.2, -0.15) is 0 Å². The van der Waals surface area contributed by atoms with Gasteiger partial charge >= 0.3 is 0 Å². The Hall–Kier alpha value is -1.74. The first-order valence-corrected chi connectivity index (χ1v) is 8.64. The number of aromatic amines is 1. The van der Waals surface area contributed by atoms with E-state index in [0.29, 0.717) is 0 Å². The highest BCUT2D eigenvalue weighted by Crippen LogP contribution is 2.26. The van der Waals surface area contributed by atoms with Crippen LogP contribution in [0.5, 0.6) is 0 Å². The molecule has 0 saturated carbocycles. The summed E-state index contributed by atoms with van der Waals surface area (Å²) >= 11 is 1.89. The Morgan fingerprint density at radius 2 is 1.86 bits per heavy atom. The third-order valence-corrected chi connectivity index (χ3v) is 5.08. The van der Waals surface area contributed by atoms with Crippen molar-refractivity contribution in [3.8, 4) is 0 Å². The molecule has 1 heterocycles. The molecule has 3 rings (SSSR count). The molecule has 22 heavy (non-hydrogen) atoms. The zero-order valence-electron chi connectivity index (χ0n) is 12.9. The highest BCUT2D eigenvalue weighted by molar-refractivity contribution is 7.99. The Morgan fingerprint density at radius 1 is 1.09 bits per heavy atom. The van der Waals surface area contributed by atoms with Crippen molar-refractivity contribution in [3.63, 3.8) is 0 Å². The Labute approximate surface area is 134 Å². The molecule has 0 unspecified atom stereocenters. The fourth-order valence-electron chi connectivity index (χ4n) is 2.71. The van der Waals surface area contributed by atoms with Gasteiger partial charge in [-0.15, -0.1) is 11.8 Å². The van der Waals surface area contributed by atoms with E-state index in [1.807, 2.05) is 17.8 Å². The lowest BCUT2D eigenvalue weighted by Crippen LogP contribution is -1.90. The second kappa shape index (κ2) is 6.57. The molecule has 3 aromatic rings. The number of rotatable bonds is 5. The van der Waals surface area contributed by atoms with Crippen molar-refractivity contribution >= 4 is 22.7 Å². The summed E-state index contributed by atoms with van der Waals surface area (Å²) in [4.78, 5) is 4.66. The number of benzene rings is 2. The fourth-order valence-corrected chi connectivity index (χ4v) is 3.48. The molecule has 0 fully saturated rings. The molecule has 0 amide bonds. The van der Waals surface area contributed by atoms with Gasteiger partial charge in [-0.1, -0.05) is 19.1 Å². The van der Waals surface area contributed by atoms with Crippen LogP contribution in [0.1, 0.15) is 30.2 Å². The van der Waals surface area contributed by atoms with Crippen LogP contribution in [-0.2, 0) is 6.42 Å². The highest BCUT2D eigenvalue weighted by Gasteiger charge is 2.10. The van der Waals surface area contributed by atoms with Crippen LogP contribution in [0, 0.1) is 12.7 Å². The molecule has 0 aliphatic rings. The second-order valence-electron chi connectivity index (χ2n) is 5.59. The standard InChI is InChI=1S/C19H20FNS/c1-3-10-22-16-7-4-14(5-8-16)11-17-13(2)21-19-9-6-15(20)12-18(17)19/h4-9,12,21H,3,10-11H2,1-2H3. The monoisotopic (exact) mass is 313 g/mol. The topological polar surface area (TPSA) is 15.8 Å². The van der Waals surface area contributed by atoms with E-state index in [4.69, 9.17) is 0 Å². The van der Waals surface area contributed by atoms with E-state index in [2.05, 4.69) is 43.1 Å². The summed E-state index contributed by atoms with van der Waals surface area (Å²) in [5, 5.41) is 0.988. The van der Waals surface area contributed by atoms with Gasteiger partial charge in [0.2, 0.25) is 0 Å². The van der Waals surface area contributed by atoms with Gasteiger partial charge in [-0.05, 0) is 67.0 Å². The molecule has 0 radical (unpaired) electrons. The Balaban J connectivity index is 1.86. The number of halogens is 1. The van der Waals surface area contributed by atoms with Crippen LogP contribution in [0.25, 0.3) is 10.9 Å². The minimum Gasteiger partial charge on any atom is -0.358 e. The van der Waals surface area contributed by atoms with E-state index < -0.39 is 0 Å². The van der Waals surface area contributed by atoms with Crippen LogP contribution in [-0.4, -0.2) is 10.7 Å². The molecule has 3 heteroatoms. The minimum atomic E-state index is -0.181. The third kappa shape index (κ3) is 3.20. The number of H-pyrrole nitrogens is 1. The smallest absolute Gasteiger partial charge is 0.123 e. The lowest BCUT2D eigenvalue weighted by Gasteiger charge is -2.05. The fraction of sp³-hybridized carbons (Fsp3) is 0.263. The van der Waals surface area contributed by atoms with Gasteiger partial charge in [0, 0.05) is 21.5 Å². The zero-order valence-corrected chi connectivity index (χ0v) is 13.8. The van der Waals surface area contributed by atoms with Crippen molar-refractivity contribution in [2.45, 2.75) is 31.6 Å². The number of hydrogen-bond acceptors (Lipinski definition) is 1. The van der Waals surface area contributed by atoms with Crippen molar-refractivity contribution < 1.29 is 4.39 Å². The van der Waals surface area contributed by atoms with Crippen LogP contribution in [0.4, 0.5) is 4.39 Å². The van der Waals surface area contributed by atoms with Crippen LogP contribution < -0.4 is 0 Å². The summed E-state index contributed by atoms with van der Waals surface area (Å²) in [7, 11) is 0. The van der Waals surface area contributed by atoms with Crippen LogP contribution in [0.2, 0.25) is 0 Å². The van der Waals surface area contributed by atoms with E-state index in [-0.39, 0.29) is 5.82 Å². The summed E-state index contributed by atoms with van der Waals surface area (Å²) in [6.45, 7) is 4.25. The average molecular weight is 313 g/mol. The summed E-state index contributed by atoms with van der Waals surface area (Å²) in [6.07, 6.45) is 2.01. The first-order chi connectivity index (χ1) is 10.7. The molecule has 2 aromatic carbocycles. The summed E-state index contributed by atoms with van der Waals surface area (Å²) in [6, 6.07) is 13.7. The third-order valence-electron chi connectivity index (χ3n) is 3.86. The van der Waals surface area contributed by atoms with Crippen molar-refractivity contribution in [1.29, 1.82) is 0 Å². The van der Waals surface area contributed by atoms with Crippen LogP contribution in [0.15, 0.2) is 47.4 Å². The van der Waals surface area contributed by atoms with E-state index in [9.17, 15) is 4.39 Å². The van der Waals surface area contributed by atoms with Crippen molar-refractivity contribution in [3.05, 3.63) is 65.1 Å². The van der Waals surface area contributed by atoms with Gasteiger partial charge in [-0.3, -0.25) is 0 Å². The van der Waals surface area contributed by atoms with Crippen molar-refractivity contribution in [2.75, 3.05) is 5.75 Å². The van der Waals surface area contributed by atoms with Crippen LogP contribution >= 0.6 is 11.8 Å². The largest absolute Gasteiger partial charge is 0.358 e. The number of thioether (sulfide) groups is 1. The maximum absolute atomic E-state index is 13.5. The van der Waals surface area contributed by atoms with Crippen LogP contribution in [0.3, 0.4) is 0 Å². The molecule has 114 valence electrons. The average Bonchev–Trinajstić information content (AvgIpc) is 2.82. The molecular formula is C19H20FNS. The van der Waals surface area contributed by atoms with E-state index in [1.165, 1.54) is 28.5 Å². The SMILES string of the molecule is CCCSc1ccc(Cc2c(C)[nH]c3ccc(F)cc23)cc1. The lowest BCUT2D eigenvalue weighted by atomic mass is 10.0. The summed E-state index contributed by atoms with van der Waals surface area (Å²) in [5.74, 6) is 0.972. The minimum absolute atomic E-state index is 0.181. The van der Waals surface area contributed by atoms with Gasteiger partial charge in [-0.25, -0.2) is 4.39 Å². The van der Waals surface area contributed by atoms with E-state index in [0.717, 1.165) is 28.8 Å². The Kier molecular flexibility index (Phi) is 4.53. The maximum atomic E-state index is 13.5. The zero-order chi connectivity index (χ0) is 15.5. The summed E-state index contributed by atoms with van der Waals surface area (Å²) < 4.78 is 13.5. The number of fused-ring (bicyclic) bond motifs is 1. The first kappa shape index (κ1) is 15.2. The predicted molar refractivity (Wildman–Crippen MR) is 93.3 cm³/mol. The molecule has 0 spiro atoms. The molecule has 1 nitrogen and oxygen atoms in total. The maximum Gasteiger partial charge on any atom is 0.123 e. The number of nitrogens with one attached hydrogen (secondary N) is 1. The second-order valence-corrected chi connectivity index (χ2v) is 6.76. The van der Waals surface area contributed by atoms with Gasteiger partial charge in [0.25, 0.3) is 0 Å². The highest BCUT2D eigenvalue weighted by atomic mass is 32.2. The molecule has 0 saturated heterocycles. The number of aryl methyl sites for hydroxylation is 1. The van der Waals surface area contributed by atoms with Gasteiger partial charge < -0.3 is 4.98 Å². The van der Waals surface area contributed by atoms with E-state index in [1.54, 1.807) is 6.07 Å². The summed E-state index contributed by atoms with van der Waals surface area (Å²) in [5.41, 5.74) is 4.56. The normalized spacial score (nSPS) is 11.2. The number of aromatic nitrogens is 1. The Bertz CT molecular complexity index is 774. The van der Waals surface area contributed by atoms with Gasteiger partial charge in [0.1, 0.15) is 5.82 Å². The molecule has 0 aliphatic heterocycles. The van der Waals surface area contributed by atoms with Gasteiger partial charge in [0.15, 0.2) is 0 Å². The predicted octanol–water partition coefficient (Wildman–Crippen LogP) is 5.71. The molecule has 0 aliphatic carbocycles. The lowest BCUT2D eigenvalue weighted by molar-refractivity contribution is 0.629. The molecule has 1 aromatic heterocycles. The quantitative estimate of drug-likeness (QED) is 0.597. The van der Waals surface area contributed by atoms with Gasteiger partial charge in [0.05, 0.1) is 0 Å². The first-order valence-electron chi connectivity index (χ1n) is 7.66. The van der Waals surface area contributed by atoms with E-state index >= 15 is 0 Å². The van der Waals surface area contributed by atoms with Crippen molar-refractivity contribution in [2.24, 2.45) is 0 Å². The molecule has 1 N–H and O–H groups in total. The Morgan fingerprint density at radius 3 is 2.59 bits per heavy atom.